The largest absolute Gasteiger partial charge is 0.464 e. The van der Waals surface area contributed by atoms with E-state index in [2.05, 4.69) is 15.4 Å². The summed E-state index contributed by atoms with van der Waals surface area (Å²) < 4.78 is 7.68. The van der Waals surface area contributed by atoms with Gasteiger partial charge in [-0.05, 0) is 50.1 Å². The van der Waals surface area contributed by atoms with Gasteiger partial charge in [0.15, 0.2) is 11.8 Å². The monoisotopic (exact) mass is 434 g/mol. The van der Waals surface area contributed by atoms with Crippen molar-refractivity contribution in [3.63, 3.8) is 0 Å². The van der Waals surface area contributed by atoms with Crippen LogP contribution in [0.4, 0.5) is 0 Å². The number of nitrogens with zero attached hydrogens (tertiary/aromatic N) is 3. The number of hydrogen-bond donors (Lipinski definition) is 1. The number of fused-ring (bicyclic) bond motifs is 1. The Labute approximate surface area is 185 Å². The lowest BCUT2D eigenvalue weighted by Crippen LogP contribution is -2.36. The molecule has 0 aliphatic heterocycles. The third-order valence-electron chi connectivity index (χ3n) is 5.06. The molecule has 31 heavy (non-hydrogen) atoms. The minimum absolute atomic E-state index is 0.243. The minimum atomic E-state index is -0.721. The highest BCUT2D eigenvalue weighted by Gasteiger charge is 2.19. The summed E-state index contributed by atoms with van der Waals surface area (Å²) in [5.41, 5.74) is 4.34. The van der Waals surface area contributed by atoms with Crippen molar-refractivity contribution < 1.29 is 9.53 Å². The van der Waals surface area contributed by atoms with E-state index in [-0.39, 0.29) is 5.91 Å². The number of nitrogens with one attached hydrogen (secondary N) is 1. The lowest BCUT2D eigenvalue weighted by Gasteiger charge is -2.15. The van der Waals surface area contributed by atoms with E-state index in [1.54, 1.807) is 17.7 Å². The van der Waals surface area contributed by atoms with E-state index in [9.17, 15) is 4.79 Å². The third kappa shape index (κ3) is 4.39. The van der Waals surface area contributed by atoms with Crippen molar-refractivity contribution in [1.29, 1.82) is 0 Å². The van der Waals surface area contributed by atoms with E-state index < -0.39 is 6.10 Å². The number of carbonyl (C=O) groups is 1. The number of rotatable bonds is 6. The van der Waals surface area contributed by atoms with E-state index in [1.165, 1.54) is 0 Å². The van der Waals surface area contributed by atoms with Crippen molar-refractivity contribution in [2.24, 2.45) is 0 Å². The molecule has 4 aromatic rings. The Kier molecular flexibility index (Phi) is 5.91. The van der Waals surface area contributed by atoms with Crippen LogP contribution in [0.5, 0.6) is 5.88 Å². The summed E-state index contributed by atoms with van der Waals surface area (Å²) in [6.45, 7) is 5.98. The fourth-order valence-electron chi connectivity index (χ4n) is 3.49. The number of hydrogen-bond acceptors (Lipinski definition) is 4. The van der Waals surface area contributed by atoms with Crippen LogP contribution >= 0.6 is 11.6 Å². The van der Waals surface area contributed by atoms with Crippen LogP contribution in [-0.4, -0.2) is 26.8 Å². The first-order valence-corrected chi connectivity index (χ1v) is 10.4. The topological polar surface area (TPSA) is 69.0 Å². The van der Waals surface area contributed by atoms with Crippen molar-refractivity contribution in [3.8, 4) is 11.6 Å². The number of benzene rings is 2. The smallest absolute Gasteiger partial charge is 0.261 e. The average Bonchev–Trinajstić information content (AvgIpc) is 3.10. The predicted octanol–water partition coefficient (Wildman–Crippen LogP) is 4.77. The standard InChI is InChI=1S/C24H23ClN4O2/c1-15-13-21(31-17(3)24(30)26-14-18-9-7-8-12-20(18)25)27-23-22(15)16(2)28-29(23)19-10-5-4-6-11-19/h4-13,17H,14H2,1-3H3,(H,26,30). The number of amides is 1. The first-order chi connectivity index (χ1) is 14.9. The third-order valence-corrected chi connectivity index (χ3v) is 5.43. The Morgan fingerprint density at radius 3 is 2.58 bits per heavy atom. The van der Waals surface area contributed by atoms with Gasteiger partial charge in [-0.3, -0.25) is 4.79 Å². The molecular formula is C24H23ClN4O2. The average molecular weight is 435 g/mol. The number of ether oxygens (including phenoxy) is 1. The molecule has 158 valence electrons. The van der Waals surface area contributed by atoms with Crippen molar-refractivity contribution in [2.45, 2.75) is 33.4 Å². The summed E-state index contributed by atoms with van der Waals surface area (Å²) in [7, 11) is 0. The fraction of sp³-hybridized carbons (Fsp3) is 0.208. The van der Waals surface area contributed by atoms with Crippen LogP contribution in [0.2, 0.25) is 5.02 Å². The Balaban J connectivity index is 1.55. The SMILES string of the molecule is Cc1cc(OC(C)C(=O)NCc2ccccc2Cl)nc2c1c(C)nn2-c1ccccc1. The molecule has 0 fully saturated rings. The second-order valence-electron chi connectivity index (χ2n) is 7.38. The van der Waals surface area contributed by atoms with Crippen molar-refractivity contribution in [3.05, 3.63) is 82.5 Å². The molecule has 2 heterocycles. The highest BCUT2D eigenvalue weighted by Crippen LogP contribution is 2.27. The molecule has 0 aliphatic rings. The number of para-hydroxylation sites is 1. The van der Waals surface area contributed by atoms with Gasteiger partial charge in [0.05, 0.1) is 11.4 Å². The van der Waals surface area contributed by atoms with E-state index in [0.717, 1.165) is 27.9 Å². The highest BCUT2D eigenvalue weighted by atomic mass is 35.5. The van der Waals surface area contributed by atoms with Gasteiger partial charge in [-0.1, -0.05) is 48.0 Å². The van der Waals surface area contributed by atoms with Crippen molar-refractivity contribution in [2.75, 3.05) is 0 Å². The number of halogens is 1. The van der Waals surface area contributed by atoms with Crippen molar-refractivity contribution >= 4 is 28.5 Å². The van der Waals surface area contributed by atoms with Gasteiger partial charge in [0.25, 0.3) is 5.91 Å². The maximum Gasteiger partial charge on any atom is 0.261 e. The zero-order chi connectivity index (χ0) is 22.0. The molecule has 1 N–H and O–H groups in total. The maximum atomic E-state index is 12.5. The lowest BCUT2D eigenvalue weighted by atomic mass is 10.1. The fourth-order valence-corrected chi connectivity index (χ4v) is 3.69. The molecule has 0 aliphatic carbocycles. The minimum Gasteiger partial charge on any atom is -0.464 e. The molecule has 7 heteroatoms. The molecule has 1 amide bonds. The van der Waals surface area contributed by atoms with E-state index in [0.29, 0.717) is 23.1 Å². The molecule has 2 aromatic carbocycles. The molecule has 6 nitrogen and oxygen atoms in total. The maximum absolute atomic E-state index is 12.5. The number of pyridine rings is 1. The van der Waals surface area contributed by atoms with Crippen LogP contribution < -0.4 is 10.1 Å². The van der Waals surface area contributed by atoms with Gasteiger partial charge in [0, 0.05) is 23.0 Å². The van der Waals surface area contributed by atoms with Gasteiger partial charge in [-0.25, -0.2) is 4.68 Å². The summed E-state index contributed by atoms with van der Waals surface area (Å²) in [6.07, 6.45) is -0.721. The molecule has 1 atom stereocenters. The molecular weight excluding hydrogens is 412 g/mol. The molecule has 0 saturated carbocycles. The van der Waals surface area contributed by atoms with Crippen LogP contribution in [0.3, 0.4) is 0 Å². The molecule has 4 rings (SSSR count). The predicted molar refractivity (Wildman–Crippen MR) is 122 cm³/mol. The zero-order valence-corrected chi connectivity index (χ0v) is 18.3. The summed E-state index contributed by atoms with van der Waals surface area (Å²) in [4.78, 5) is 17.2. The molecule has 2 aromatic heterocycles. The Morgan fingerprint density at radius 2 is 1.84 bits per heavy atom. The van der Waals surface area contributed by atoms with Gasteiger partial charge >= 0.3 is 0 Å². The number of aryl methyl sites for hydroxylation is 2. The Morgan fingerprint density at radius 1 is 1.13 bits per heavy atom. The first kappa shape index (κ1) is 20.9. The summed E-state index contributed by atoms with van der Waals surface area (Å²) in [5.74, 6) is 0.134. The normalized spacial score (nSPS) is 12.0. The van der Waals surface area contributed by atoms with Gasteiger partial charge in [-0.2, -0.15) is 10.1 Å². The van der Waals surface area contributed by atoms with Gasteiger partial charge < -0.3 is 10.1 Å². The van der Waals surface area contributed by atoms with Crippen LogP contribution in [0, 0.1) is 13.8 Å². The zero-order valence-electron chi connectivity index (χ0n) is 17.6. The number of aromatic nitrogens is 3. The quantitative estimate of drug-likeness (QED) is 0.474. The highest BCUT2D eigenvalue weighted by molar-refractivity contribution is 6.31. The summed E-state index contributed by atoms with van der Waals surface area (Å²) in [5, 5.41) is 9.11. The summed E-state index contributed by atoms with van der Waals surface area (Å²) >= 11 is 6.16. The van der Waals surface area contributed by atoms with Crippen molar-refractivity contribution in [1.82, 2.24) is 20.1 Å². The summed E-state index contributed by atoms with van der Waals surface area (Å²) in [6, 6.07) is 19.1. The molecule has 0 spiro atoms. The van der Waals surface area contributed by atoms with Gasteiger partial charge in [0.1, 0.15) is 0 Å². The molecule has 0 radical (unpaired) electrons. The van der Waals surface area contributed by atoms with Crippen LogP contribution in [0.15, 0.2) is 60.7 Å². The van der Waals surface area contributed by atoms with E-state index in [4.69, 9.17) is 16.3 Å². The van der Waals surface area contributed by atoms with Gasteiger partial charge in [0.2, 0.25) is 5.88 Å². The van der Waals surface area contributed by atoms with Crippen LogP contribution in [0.1, 0.15) is 23.7 Å². The van der Waals surface area contributed by atoms with Crippen LogP contribution in [0.25, 0.3) is 16.7 Å². The number of carbonyl (C=O) groups excluding carboxylic acids is 1. The van der Waals surface area contributed by atoms with Crippen LogP contribution in [-0.2, 0) is 11.3 Å². The lowest BCUT2D eigenvalue weighted by molar-refractivity contribution is -0.127. The van der Waals surface area contributed by atoms with Gasteiger partial charge in [-0.15, -0.1) is 0 Å². The first-order valence-electron chi connectivity index (χ1n) is 10.0. The molecule has 0 saturated heterocycles. The van der Waals surface area contributed by atoms with E-state index in [1.807, 2.05) is 68.4 Å². The second kappa shape index (κ2) is 8.78. The Hall–Kier alpha value is -3.38. The second-order valence-corrected chi connectivity index (χ2v) is 7.79. The Bertz CT molecular complexity index is 1240. The van der Waals surface area contributed by atoms with E-state index >= 15 is 0 Å². The molecule has 1 unspecified atom stereocenters. The molecule has 0 bridgehead atoms.